The average molecular weight is 279 g/mol. The first-order valence-corrected chi connectivity index (χ1v) is 8.56. The largest absolute Gasteiger partial charge is 0.324 e. The second kappa shape index (κ2) is 6.02. The van der Waals surface area contributed by atoms with Crippen molar-refractivity contribution in [3.8, 4) is 0 Å². The van der Waals surface area contributed by atoms with Crippen molar-refractivity contribution in [3.05, 3.63) is 0 Å². The molecule has 0 aromatic carbocycles. The highest BCUT2D eigenvalue weighted by molar-refractivity contribution is 5.89. The van der Waals surface area contributed by atoms with E-state index in [2.05, 4.69) is 22.0 Å². The maximum Gasteiger partial charge on any atom is 0.244 e. The first-order chi connectivity index (χ1) is 9.75. The molecule has 4 heteroatoms. The number of likely N-dealkylation sites (tertiary alicyclic amines) is 1. The summed E-state index contributed by atoms with van der Waals surface area (Å²) in [5.41, 5.74) is -0.190. The summed E-state index contributed by atoms with van der Waals surface area (Å²) in [5.74, 6) is 0.396. The SMILES string of the molecule is CCCC1NC2(CCCC2)C(=O)N1CCN1CCCC1. The average Bonchev–Trinajstić information content (AvgIpc) is 3.14. The van der Waals surface area contributed by atoms with Gasteiger partial charge in [0.2, 0.25) is 5.91 Å². The van der Waals surface area contributed by atoms with E-state index in [0.717, 1.165) is 38.8 Å². The van der Waals surface area contributed by atoms with E-state index >= 15 is 0 Å². The number of carbonyl (C=O) groups excluding carboxylic acids is 1. The Bertz CT molecular complexity index is 346. The molecule has 20 heavy (non-hydrogen) atoms. The molecule has 2 aliphatic heterocycles. The summed E-state index contributed by atoms with van der Waals surface area (Å²) < 4.78 is 0. The maximum absolute atomic E-state index is 12.9. The highest BCUT2D eigenvalue weighted by Crippen LogP contribution is 2.37. The van der Waals surface area contributed by atoms with E-state index in [1.165, 1.54) is 38.8 Å². The molecule has 3 rings (SSSR count). The van der Waals surface area contributed by atoms with Gasteiger partial charge in [0.15, 0.2) is 0 Å². The van der Waals surface area contributed by atoms with E-state index in [4.69, 9.17) is 0 Å². The summed E-state index contributed by atoms with van der Waals surface area (Å²) in [7, 11) is 0. The van der Waals surface area contributed by atoms with Gasteiger partial charge < -0.3 is 9.80 Å². The normalized spacial score (nSPS) is 29.9. The van der Waals surface area contributed by atoms with Crippen LogP contribution in [0.4, 0.5) is 0 Å². The van der Waals surface area contributed by atoms with Crippen LogP contribution in [0.5, 0.6) is 0 Å². The summed E-state index contributed by atoms with van der Waals surface area (Å²) in [4.78, 5) is 17.5. The molecule has 1 spiro atoms. The quantitative estimate of drug-likeness (QED) is 0.835. The summed E-state index contributed by atoms with van der Waals surface area (Å²) in [6.07, 6.45) is 9.68. The molecular weight excluding hydrogens is 250 g/mol. The molecule has 3 fully saturated rings. The summed E-state index contributed by atoms with van der Waals surface area (Å²) in [6.45, 7) is 6.63. The molecule has 4 nitrogen and oxygen atoms in total. The second-order valence-electron chi connectivity index (χ2n) is 6.79. The van der Waals surface area contributed by atoms with Gasteiger partial charge in [-0.15, -0.1) is 0 Å². The van der Waals surface area contributed by atoms with Crippen LogP contribution in [0.3, 0.4) is 0 Å². The van der Waals surface area contributed by atoms with Gasteiger partial charge in [-0.25, -0.2) is 0 Å². The third-order valence-corrected chi connectivity index (χ3v) is 5.36. The number of nitrogens with one attached hydrogen (secondary N) is 1. The standard InChI is InChI=1S/C16H29N3O/c1-2-7-14-17-16(8-3-4-9-16)15(20)19(14)13-12-18-10-5-6-11-18/h14,17H,2-13H2,1H3. The van der Waals surface area contributed by atoms with Crippen molar-refractivity contribution in [1.29, 1.82) is 0 Å². The van der Waals surface area contributed by atoms with Gasteiger partial charge in [-0.2, -0.15) is 0 Å². The van der Waals surface area contributed by atoms with Crippen LogP contribution < -0.4 is 5.32 Å². The number of carbonyl (C=O) groups is 1. The first kappa shape index (κ1) is 14.3. The van der Waals surface area contributed by atoms with Gasteiger partial charge in [0.1, 0.15) is 0 Å². The van der Waals surface area contributed by atoms with Gasteiger partial charge in [0, 0.05) is 13.1 Å². The van der Waals surface area contributed by atoms with E-state index in [9.17, 15) is 4.79 Å². The number of hydrogen-bond donors (Lipinski definition) is 1. The molecule has 1 saturated carbocycles. The van der Waals surface area contributed by atoms with Crippen molar-refractivity contribution in [2.75, 3.05) is 26.2 Å². The third kappa shape index (κ3) is 2.60. The van der Waals surface area contributed by atoms with Gasteiger partial charge in [-0.3, -0.25) is 10.1 Å². The van der Waals surface area contributed by atoms with Gasteiger partial charge in [0.25, 0.3) is 0 Å². The zero-order valence-electron chi connectivity index (χ0n) is 12.9. The fraction of sp³-hybridized carbons (Fsp3) is 0.938. The molecule has 2 heterocycles. The number of rotatable bonds is 5. The minimum Gasteiger partial charge on any atom is -0.324 e. The topological polar surface area (TPSA) is 35.6 Å². The predicted octanol–water partition coefficient (Wildman–Crippen LogP) is 1.95. The molecule has 114 valence electrons. The van der Waals surface area contributed by atoms with Crippen LogP contribution in [-0.4, -0.2) is 53.6 Å². The van der Waals surface area contributed by atoms with E-state index in [0.29, 0.717) is 5.91 Å². The Morgan fingerprint density at radius 2 is 1.85 bits per heavy atom. The van der Waals surface area contributed by atoms with Gasteiger partial charge in [-0.1, -0.05) is 26.2 Å². The van der Waals surface area contributed by atoms with E-state index in [1.807, 2.05) is 0 Å². The van der Waals surface area contributed by atoms with Crippen molar-refractivity contribution in [1.82, 2.24) is 15.1 Å². The van der Waals surface area contributed by atoms with Gasteiger partial charge in [-0.05, 0) is 45.2 Å². The Morgan fingerprint density at radius 3 is 2.50 bits per heavy atom. The summed E-state index contributed by atoms with van der Waals surface area (Å²) in [5, 5.41) is 3.70. The Hall–Kier alpha value is -0.610. The van der Waals surface area contributed by atoms with Crippen molar-refractivity contribution in [2.24, 2.45) is 0 Å². The lowest BCUT2D eigenvalue weighted by Crippen LogP contribution is -2.44. The zero-order chi connectivity index (χ0) is 14.0. The van der Waals surface area contributed by atoms with E-state index in [-0.39, 0.29) is 11.7 Å². The number of amides is 1. The van der Waals surface area contributed by atoms with Crippen LogP contribution in [0.2, 0.25) is 0 Å². The lowest BCUT2D eigenvalue weighted by molar-refractivity contribution is -0.133. The van der Waals surface area contributed by atoms with Crippen molar-refractivity contribution < 1.29 is 4.79 Å². The van der Waals surface area contributed by atoms with Gasteiger partial charge in [0.05, 0.1) is 11.7 Å². The van der Waals surface area contributed by atoms with Crippen LogP contribution in [0.15, 0.2) is 0 Å². The lowest BCUT2D eigenvalue weighted by Gasteiger charge is -2.26. The second-order valence-corrected chi connectivity index (χ2v) is 6.79. The van der Waals surface area contributed by atoms with Crippen molar-refractivity contribution in [2.45, 2.75) is 70.0 Å². The minimum absolute atomic E-state index is 0.190. The molecule has 2 saturated heterocycles. The highest BCUT2D eigenvalue weighted by Gasteiger charge is 2.51. The molecule has 1 atom stereocenters. The van der Waals surface area contributed by atoms with Gasteiger partial charge >= 0.3 is 0 Å². The molecule has 1 amide bonds. The molecule has 0 radical (unpaired) electrons. The molecule has 0 aromatic rings. The van der Waals surface area contributed by atoms with Crippen molar-refractivity contribution >= 4 is 5.91 Å². The number of hydrogen-bond acceptors (Lipinski definition) is 3. The molecule has 3 aliphatic rings. The fourth-order valence-corrected chi connectivity index (χ4v) is 4.23. The molecule has 0 aromatic heterocycles. The lowest BCUT2D eigenvalue weighted by atomic mass is 9.98. The van der Waals surface area contributed by atoms with Crippen LogP contribution >= 0.6 is 0 Å². The molecule has 0 bridgehead atoms. The fourth-order valence-electron chi connectivity index (χ4n) is 4.23. The molecule has 1 aliphatic carbocycles. The maximum atomic E-state index is 12.9. The Morgan fingerprint density at radius 1 is 1.15 bits per heavy atom. The van der Waals surface area contributed by atoms with Crippen LogP contribution in [0.1, 0.15) is 58.3 Å². The Labute approximate surface area is 122 Å². The van der Waals surface area contributed by atoms with Crippen LogP contribution in [-0.2, 0) is 4.79 Å². The Kier molecular flexibility index (Phi) is 4.32. The number of nitrogens with zero attached hydrogens (tertiary/aromatic N) is 2. The van der Waals surface area contributed by atoms with E-state index < -0.39 is 0 Å². The van der Waals surface area contributed by atoms with Crippen molar-refractivity contribution in [3.63, 3.8) is 0 Å². The minimum atomic E-state index is -0.190. The predicted molar refractivity (Wildman–Crippen MR) is 80.4 cm³/mol. The molecule has 1 unspecified atom stereocenters. The highest BCUT2D eigenvalue weighted by atomic mass is 16.2. The molecular formula is C16H29N3O. The zero-order valence-corrected chi connectivity index (χ0v) is 12.9. The third-order valence-electron chi connectivity index (χ3n) is 5.36. The van der Waals surface area contributed by atoms with Crippen LogP contribution in [0.25, 0.3) is 0 Å². The monoisotopic (exact) mass is 279 g/mol. The summed E-state index contributed by atoms with van der Waals surface area (Å²) in [6, 6.07) is 0. The van der Waals surface area contributed by atoms with Crippen LogP contribution in [0, 0.1) is 0 Å². The Balaban J connectivity index is 1.64. The van der Waals surface area contributed by atoms with E-state index in [1.54, 1.807) is 0 Å². The summed E-state index contributed by atoms with van der Waals surface area (Å²) >= 11 is 0. The first-order valence-electron chi connectivity index (χ1n) is 8.56. The smallest absolute Gasteiger partial charge is 0.244 e. The molecule has 1 N–H and O–H groups in total.